The van der Waals surface area contributed by atoms with Crippen LogP contribution in [0.3, 0.4) is 0 Å². The van der Waals surface area contributed by atoms with Crippen LogP contribution in [0.1, 0.15) is 28.7 Å². The molecule has 1 N–H and O–H groups in total. The number of carbonyl (C=O) groups is 2. The van der Waals surface area contributed by atoms with Crippen molar-refractivity contribution in [2.75, 3.05) is 11.4 Å². The molecule has 172 valence electrons. The van der Waals surface area contributed by atoms with E-state index in [2.05, 4.69) is 17.2 Å². The minimum absolute atomic E-state index is 0.122. The lowest BCUT2D eigenvalue weighted by Gasteiger charge is -2.34. The highest BCUT2D eigenvalue weighted by molar-refractivity contribution is 6.09. The average molecular weight is 455 g/mol. The maximum Gasteiger partial charge on any atom is 0.263 e. The van der Waals surface area contributed by atoms with E-state index in [1.807, 2.05) is 78.3 Å². The normalized spacial score (nSPS) is 15.0. The number of amides is 2. The Bertz CT molecular complexity index is 1360. The number of hydrogen-bond donors (Lipinski definition) is 1. The molecule has 0 unspecified atom stereocenters. The molecule has 4 aromatic rings. The summed E-state index contributed by atoms with van der Waals surface area (Å²) in [7, 11) is 1.98. The van der Waals surface area contributed by atoms with Crippen LogP contribution in [0, 0.1) is 0 Å². The van der Waals surface area contributed by atoms with Crippen molar-refractivity contribution in [2.24, 2.45) is 7.05 Å². The van der Waals surface area contributed by atoms with E-state index in [1.165, 1.54) is 0 Å². The number of carbonyl (C=O) groups excluding carboxylic acids is 2. The van der Waals surface area contributed by atoms with Crippen LogP contribution in [0.4, 0.5) is 5.69 Å². The first-order chi connectivity index (χ1) is 16.5. The van der Waals surface area contributed by atoms with Gasteiger partial charge in [-0.25, -0.2) is 4.98 Å². The van der Waals surface area contributed by atoms with Crippen LogP contribution in [0.5, 0.6) is 5.75 Å². The van der Waals surface area contributed by atoms with Gasteiger partial charge in [-0.2, -0.15) is 0 Å². The highest BCUT2D eigenvalue weighted by Crippen LogP contribution is 2.34. The Labute approximate surface area is 198 Å². The zero-order chi connectivity index (χ0) is 23.7. The van der Waals surface area contributed by atoms with Gasteiger partial charge in [0, 0.05) is 25.6 Å². The minimum Gasteiger partial charge on any atom is -0.477 e. The number of imidazole rings is 1. The fourth-order valence-electron chi connectivity index (χ4n) is 4.32. The second kappa shape index (κ2) is 9.02. The molecule has 0 bridgehead atoms. The number of fused-ring (bicyclic) bond motifs is 2. The number of nitrogens with zero attached hydrogens (tertiary/aromatic N) is 3. The lowest BCUT2D eigenvalue weighted by molar-refractivity contribution is -0.127. The molecule has 34 heavy (non-hydrogen) atoms. The van der Waals surface area contributed by atoms with Gasteiger partial charge in [-0.1, -0.05) is 49.4 Å². The van der Waals surface area contributed by atoms with Crippen LogP contribution in [0.2, 0.25) is 0 Å². The van der Waals surface area contributed by atoms with Crippen LogP contribution < -0.4 is 15.0 Å². The summed E-state index contributed by atoms with van der Waals surface area (Å²) in [5.74, 6) is 1.02. The number of aryl methyl sites for hydroxylation is 2. The maximum absolute atomic E-state index is 13.6. The third-order valence-corrected chi connectivity index (χ3v) is 6.16. The van der Waals surface area contributed by atoms with Gasteiger partial charge in [0.05, 0.1) is 23.3 Å². The number of anilines is 1. The van der Waals surface area contributed by atoms with Gasteiger partial charge in [0.15, 0.2) is 6.10 Å². The second-order valence-electron chi connectivity index (χ2n) is 8.34. The zero-order valence-corrected chi connectivity index (χ0v) is 19.2. The molecule has 7 nitrogen and oxygen atoms in total. The molecule has 0 fully saturated rings. The molecule has 0 saturated heterocycles. The van der Waals surface area contributed by atoms with Crippen molar-refractivity contribution in [1.29, 1.82) is 0 Å². The molecule has 2 amide bonds. The van der Waals surface area contributed by atoms with E-state index in [0.29, 0.717) is 23.5 Å². The number of nitrogens with one attached hydrogen (secondary N) is 1. The van der Waals surface area contributed by atoms with Crippen molar-refractivity contribution in [2.45, 2.75) is 26.0 Å². The molecule has 2 heterocycles. The number of ether oxygens (including phenoxy) is 1. The van der Waals surface area contributed by atoms with Crippen LogP contribution >= 0.6 is 0 Å². The Morgan fingerprint density at radius 3 is 2.62 bits per heavy atom. The van der Waals surface area contributed by atoms with Gasteiger partial charge >= 0.3 is 0 Å². The van der Waals surface area contributed by atoms with E-state index in [4.69, 9.17) is 4.74 Å². The number of para-hydroxylation sites is 2. The third-order valence-electron chi connectivity index (χ3n) is 6.16. The highest BCUT2D eigenvalue weighted by Gasteiger charge is 2.34. The summed E-state index contributed by atoms with van der Waals surface area (Å²) in [6.45, 7) is 2.57. The fourth-order valence-corrected chi connectivity index (χ4v) is 4.32. The summed E-state index contributed by atoms with van der Waals surface area (Å²) in [6, 6.07) is 22.5. The molecular formula is C27H26N4O3. The SMILES string of the molecule is CCc1nc2cc(C(=O)N3C[C@@H](C(=O)NCc4ccccc4)Oc4ccccc43)ccc2n1C. The highest BCUT2D eigenvalue weighted by atomic mass is 16.5. The molecule has 1 aliphatic rings. The van der Waals surface area contributed by atoms with E-state index in [0.717, 1.165) is 28.8 Å². The molecule has 0 spiro atoms. The summed E-state index contributed by atoms with van der Waals surface area (Å²) < 4.78 is 8.02. The molecule has 0 radical (unpaired) electrons. The lowest BCUT2D eigenvalue weighted by Crippen LogP contribution is -2.50. The van der Waals surface area contributed by atoms with Crippen molar-refractivity contribution < 1.29 is 14.3 Å². The second-order valence-corrected chi connectivity index (χ2v) is 8.34. The van der Waals surface area contributed by atoms with Crippen molar-refractivity contribution >= 4 is 28.5 Å². The molecule has 1 aliphatic heterocycles. The van der Waals surface area contributed by atoms with Crippen LogP contribution in [-0.4, -0.2) is 34.0 Å². The van der Waals surface area contributed by atoms with Gasteiger partial charge in [-0.3, -0.25) is 9.59 Å². The largest absolute Gasteiger partial charge is 0.477 e. The first-order valence-corrected chi connectivity index (χ1v) is 11.4. The summed E-state index contributed by atoms with van der Waals surface area (Å²) in [6.07, 6.45) is -0.00160. The topological polar surface area (TPSA) is 76.5 Å². The van der Waals surface area contributed by atoms with Crippen molar-refractivity contribution in [3.8, 4) is 5.75 Å². The predicted octanol–water partition coefficient (Wildman–Crippen LogP) is 3.86. The molecule has 3 aromatic carbocycles. The van der Waals surface area contributed by atoms with Crippen molar-refractivity contribution in [1.82, 2.24) is 14.9 Å². The molecule has 0 saturated carbocycles. The number of aromatic nitrogens is 2. The van der Waals surface area contributed by atoms with Crippen LogP contribution in [0.25, 0.3) is 11.0 Å². The first kappa shape index (κ1) is 21.7. The van der Waals surface area contributed by atoms with E-state index in [-0.39, 0.29) is 18.4 Å². The van der Waals surface area contributed by atoms with Gasteiger partial charge in [0.25, 0.3) is 11.8 Å². The molecule has 0 aliphatic carbocycles. The summed E-state index contributed by atoms with van der Waals surface area (Å²) in [5.41, 5.74) is 3.93. The Balaban J connectivity index is 1.41. The number of hydrogen-bond acceptors (Lipinski definition) is 4. The fraction of sp³-hybridized carbons (Fsp3) is 0.222. The van der Waals surface area contributed by atoms with Gasteiger partial charge in [-0.05, 0) is 35.9 Å². The van der Waals surface area contributed by atoms with E-state index >= 15 is 0 Å². The molecular weight excluding hydrogens is 428 g/mol. The Morgan fingerprint density at radius 2 is 1.82 bits per heavy atom. The van der Waals surface area contributed by atoms with Gasteiger partial charge in [0.2, 0.25) is 0 Å². The Morgan fingerprint density at radius 1 is 1.06 bits per heavy atom. The van der Waals surface area contributed by atoms with Crippen LogP contribution in [0.15, 0.2) is 72.8 Å². The quantitative estimate of drug-likeness (QED) is 0.497. The Hall–Kier alpha value is -4.13. The van der Waals surface area contributed by atoms with Crippen molar-refractivity contribution in [3.05, 3.63) is 89.7 Å². The summed E-state index contributed by atoms with van der Waals surface area (Å²) >= 11 is 0. The molecule has 1 aromatic heterocycles. The molecule has 5 rings (SSSR count). The summed E-state index contributed by atoms with van der Waals surface area (Å²) in [4.78, 5) is 32.9. The van der Waals surface area contributed by atoms with Gasteiger partial charge in [0.1, 0.15) is 11.6 Å². The van der Waals surface area contributed by atoms with E-state index in [9.17, 15) is 9.59 Å². The molecule has 1 atom stereocenters. The van der Waals surface area contributed by atoms with E-state index < -0.39 is 6.10 Å². The Kier molecular flexibility index (Phi) is 5.76. The first-order valence-electron chi connectivity index (χ1n) is 11.4. The zero-order valence-electron chi connectivity index (χ0n) is 19.2. The standard InChI is InChI=1S/C27H26N4O3/c1-3-25-29-20-15-19(13-14-21(20)30(25)2)27(33)31-17-24(34-23-12-8-7-11-22(23)31)26(32)28-16-18-9-5-4-6-10-18/h4-15,24H,3,16-17H2,1-2H3,(H,28,32)/t24-/m0/s1. The van der Waals surface area contributed by atoms with Crippen LogP contribution in [-0.2, 0) is 24.8 Å². The monoisotopic (exact) mass is 454 g/mol. The van der Waals surface area contributed by atoms with Gasteiger partial charge in [-0.15, -0.1) is 0 Å². The average Bonchev–Trinajstić information content (AvgIpc) is 3.21. The van der Waals surface area contributed by atoms with E-state index in [1.54, 1.807) is 11.0 Å². The summed E-state index contributed by atoms with van der Waals surface area (Å²) in [5, 5.41) is 2.92. The van der Waals surface area contributed by atoms with Gasteiger partial charge < -0.3 is 19.5 Å². The van der Waals surface area contributed by atoms with Crippen molar-refractivity contribution in [3.63, 3.8) is 0 Å². The lowest BCUT2D eigenvalue weighted by atomic mass is 10.1. The number of benzene rings is 3. The maximum atomic E-state index is 13.6. The minimum atomic E-state index is -0.812. The molecule has 7 heteroatoms. The third kappa shape index (κ3) is 4.01. The smallest absolute Gasteiger partial charge is 0.263 e. The number of rotatable bonds is 5. The predicted molar refractivity (Wildman–Crippen MR) is 131 cm³/mol.